The second-order valence-corrected chi connectivity index (χ2v) is 5.56. The molecule has 5 heteroatoms. The molecule has 5 nitrogen and oxygen atoms in total. The lowest BCUT2D eigenvalue weighted by molar-refractivity contribution is -0.139. The van der Waals surface area contributed by atoms with Crippen LogP contribution in [-0.2, 0) is 4.79 Å². The molecule has 0 fully saturated rings. The van der Waals surface area contributed by atoms with Crippen LogP contribution in [0, 0.1) is 5.41 Å². The summed E-state index contributed by atoms with van der Waals surface area (Å²) in [6.45, 7) is 3.63. The number of rotatable bonds is 7. The second-order valence-electron chi connectivity index (χ2n) is 5.56. The Kier molecular flexibility index (Phi) is 5.39. The molecular weight excluding hydrogens is 260 g/mol. The highest BCUT2D eigenvalue weighted by atomic mass is 16.5. The molecule has 0 saturated heterocycles. The molecule has 1 rings (SSSR count). The highest BCUT2D eigenvalue weighted by Crippen LogP contribution is 2.37. The Morgan fingerprint density at radius 3 is 2.45 bits per heavy atom. The van der Waals surface area contributed by atoms with Gasteiger partial charge < -0.3 is 19.7 Å². The highest BCUT2D eigenvalue weighted by molar-refractivity contribution is 5.67. The number of aliphatic hydroxyl groups is 1. The van der Waals surface area contributed by atoms with Crippen LogP contribution in [-0.4, -0.2) is 30.4 Å². The number of aliphatic hydroxyl groups excluding tert-OH is 1. The lowest BCUT2D eigenvalue weighted by atomic mass is 9.81. The molecule has 0 amide bonds. The molecule has 1 unspecified atom stereocenters. The first kappa shape index (κ1) is 16.3. The number of carbonyl (C=O) groups is 1. The molecule has 112 valence electrons. The monoisotopic (exact) mass is 282 g/mol. The van der Waals surface area contributed by atoms with Crippen molar-refractivity contribution < 1.29 is 24.5 Å². The van der Waals surface area contributed by atoms with Gasteiger partial charge in [0.1, 0.15) is 11.5 Å². The first-order chi connectivity index (χ1) is 9.29. The van der Waals surface area contributed by atoms with Crippen molar-refractivity contribution in [3.8, 4) is 11.5 Å². The number of benzene rings is 1. The van der Waals surface area contributed by atoms with Gasteiger partial charge in [0.15, 0.2) is 0 Å². The molecule has 0 saturated carbocycles. The fourth-order valence-electron chi connectivity index (χ4n) is 2.21. The normalized spacial score (nSPS) is 12.8. The molecule has 0 radical (unpaired) electrons. The smallest absolute Gasteiger partial charge is 0.303 e. The van der Waals surface area contributed by atoms with Gasteiger partial charge in [0, 0.05) is 5.56 Å². The summed E-state index contributed by atoms with van der Waals surface area (Å²) in [4.78, 5) is 10.8. The maximum absolute atomic E-state index is 10.8. The van der Waals surface area contributed by atoms with E-state index in [1.165, 1.54) is 7.11 Å². The van der Waals surface area contributed by atoms with E-state index in [1.807, 2.05) is 13.8 Å². The van der Waals surface area contributed by atoms with Crippen LogP contribution in [0.1, 0.15) is 38.4 Å². The van der Waals surface area contributed by atoms with Gasteiger partial charge in [-0.1, -0.05) is 13.8 Å². The van der Waals surface area contributed by atoms with Gasteiger partial charge in [-0.05, 0) is 30.0 Å². The average molecular weight is 282 g/mol. The lowest BCUT2D eigenvalue weighted by Crippen LogP contribution is -2.20. The maximum atomic E-state index is 10.8. The molecule has 0 heterocycles. The average Bonchev–Trinajstić information content (AvgIpc) is 2.35. The first-order valence-electron chi connectivity index (χ1n) is 6.41. The minimum absolute atomic E-state index is 0.00363. The van der Waals surface area contributed by atoms with Crippen LogP contribution in [0.15, 0.2) is 18.2 Å². The fourth-order valence-corrected chi connectivity index (χ4v) is 2.21. The van der Waals surface area contributed by atoms with Gasteiger partial charge >= 0.3 is 5.97 Å². The van der Waals surface area contributed by atoms with Crippen molar-refractivity contribution in [1.29, 1.82) is 0 Å². The summed E-state index contributed by atoms with van der Waals surface area (Å²) in [6, 6.07) is 5.18. The summed E-state index contributed by atoms with van der Waals surface area (Å²) in [5.74, 6) is 0.306. The quantitative estimate of drug-likeness (QED) is 0.804. The van der Waals surface area contributed by atoms with Crippen LogP contribution in [0.4, 0.5) is 0 Å². The number of aliphatic carboxylic acids is 1. The van der Waals surface area contributed by atoms with E-state index >= 15 is 0 Å². The molecule has 0 aliphatic rings. The summed E-state index contributed by atoms with van der Waals surface area (Å²) in [5, 5.41) is 19.3. The van der Waals surface area contributed by atoms with Gasteiger partial charge in [0.05, 0.1) is 26.7 Å². The van der Waals surface area contributed by atoms with E-state index in [2.05, 4.69) is 0 Å². The maximum Gasteiger partial charge on any atom is 0.303 e. The van der Waals surface area contributed by atoms with Gasteiger partial charge in [-0.15, -0.1) is 0 Å². The van der Waals surface area contributed by atoms with Crippen LogP contribution in [0.2, 0.25) is 0 Å². The zero-order chi connectivity index (χ0) is 15.3. The summed E-state index contributed by atoms with van der Waals surface area (Å²) in [5.41, 5.74) is 0.0876. The van der Waals surface area contributed by atoms with Gasteiger partial charge in [-0.25, -0.2) is 0 Å². The van der Waals surface area contributed by atoms with Gasteiger partial charge in [-0.3, -0.25) is 4.79 Å². The Balaban J connectivity index is 2.95. The minimum atomic E-state index is -0.875. The Labute approximate surface area is 119 Å². The van der Waals surface area contributed by atoms with Crippen molar-refractivity contribution >= 4 is 5.97 Å². The second kappa shape index (κ2) is 6.61. The Morgan fingerprint density at radius 2 is 1.95 bits per heavy atom. The summed E-state index contributed by atoms with van der Waals surface area (Å²) < 4.78 is 10.4. The van der Waals surface area contributed by atoms with E-state index in [0.717, 1.165) is 0 Å². The fraction of sp³-hybridized carbons (Fsp3) is 0.533. The molecule has 0 bridgehead atoms. The minimum Gasteiger partial charge on any atom is -0.497 e. The zero-order valence-electron chi connectivity index (χ0n) is 12.3. The Bertz CT molecular complexity index is 467. The summed E-state index contributed by atoms with van der Waals surface area (Å²) in [6.07, 6.45) is -0.492. The van der Waals surface area contributed by atoms with E-state index in [4.69, 9.17) is 14.6 Å². The standard InChI is InChI=1S/C15H22O5/c1-15(2,9-14(17)18)8-12(16)11-7-10(19-3)5-6-13(11)20-4/h5-7,12,16H,8-9H2,1-4H3,(H,17,18). The number of carboxylic acids is 1. The predicted molar refractivity (Wildman–Crippen MR) is 75.2 cm³/mol. The lowest BCUT2D eigenvalue weighted by Gasteiger charge is -2.26. The third-order valence-electron chi connectivity index (χ3n) is 3.17. The van der Waals surface area contributed by atoms with Crippen LogP contribution in [0.5, 0.6) is 11.5 Å². The van der Waals surface area contributed by atoms with Crippen LogP contribution in [0.25, 0.3) is 0 Å². The zero-order valence-corrected chi connectivity index (χ0v) is 12.3. The molecular formula is C15H22O5. The van der Waals surface area contributed by atoms with Gasteiger partial charge in [0.2, 0.25) is 0 Å². The van der Waals surface area contributed by atoms with Crippen LogP contribution in [0.3, 0.4) is 0 Å². The number of ether oxygens (including phenoxy) is 2. The van der Waals surface area contributed by atoms with E-state index < -0.39 is 17.5 Å². The molecule has 1 atom stereocenters. The summed E-state index contributed by atoms with van der Waals surface area (Å²) >= 11 is 0. The van der Waals surface area contributed by atoms with Crippen molar-refractivity contribution in [2.24, 2.45) is 5.41 Å². The number of hydrogen-bond acceptors (Lipinski definition) is 4. The third-order valence-corrected chi connectivity index (χ3v) is 3.17. The predicted octanol–water partition coefficient (Wildman–Crippen LogP) is 2.63. The molecule has 20 heavy (non-hydrogen) atoms. The summed E-state index contributed by atoms with van der Waals surface area (Å²) in [7, 11) is 3.08. The van der Waals surface area contributed by atoms with Crippen LogP contribution >= 0.6 is 0 Å². The van der Waals surface area contributed by atoms with E-state index in [1.54, 1.807) is 25.3 Å². The molecule has 0 aliphatic heterocycles. The van der Waals surface area contributed by atoms with E-state index in [0.29, 0.717) is 23.5 Å². The van der Waals surface area contributed by atoms with E-state index in [-0.39, 0.29) is 6.42 Å². The van der Waals surface area contributed by atoms with Crippen molar-refractivity contribution in [2.75, 3.05) is 14.2 Å². The molecule has 0 aromatic heterocycles. The van der Waals surface area contributed by atoms with Crippen molar-refractivity contribution in [1.82, 2.24) is 0 Å². The number of hydrogen-bond donors (Lipinski definition) is 2. The van der Waals surface area contributed by atoms with Crippen molar-refractivity contribution in [3.63, 3.8) is 0 Å². The Morgan fingerprint density at radius 1 is 1.30 bits per heavy atom. The molecule has 0 spiro atoms. The third kappa shape index (κ3) is 4.42. The molecule has 2 N–H and O–H groups in total. The first-order valence-corrected chi connectivity index (χ1v) is 6.41. The largest absolute Gasteiger partial charge is 0.497 e. The highest BCUT2D eigenvalue weighted by Gasteiger charge is 2.27. The van der Waals surface area contributed by atoms with E-state index in [9.17, 15) is 9.90 Å². The van der Waals surface area contributed by atoms with Crippen molar-refractivity contribution in [3.05, 3.63) is 23.8 Å². The molecule has 0 aliphatic carbocycles. The number of carboxylic acid groups (broad SMARTS) is 1. The molecule has 1 aromatic carbocycles. The number of methoxy groups -OCH3 is 2. The SMILES string of the molecule is COc1ccc(OC)c(C(O)CC(C)(C)CC(=O)O)c1. The van der Waals surface area contributed by atoms with Crippen LogP contribution < -0.4 is 9.47 Å². The van der Waals surface area contributed by atoms with Crippen molar-refractivity contribution in [2.45, 2.75) is 32.8 Å². The van der Waals surface area contributed by atoms with Gasteiger partial charge in [-0.2, -0.15) is 0 Å². The van der Waals surface area contributed by atoms with Gasteiger partial charge in [0.25, 0.3) is 0 Å². The topological polar surface area (TPSA) is 76.0 Å². The molecule has 1 aromatic rings. The Hall–Kier alpha value is -1.75.